The molecule has 0 bridgehead atoms. The molecule has 2 N–H and O–H groups in total. The van der Waals surface area contributed by atoms with Gasteiger partial charge in [0.2, 0.25) is 0 Å². The van der Waals surface area contributed by atoms with Crippen molar-refractivity contribution in [1.82, 2.24) is 5.32 Å². The number of hydrogen-bond acceptors (Lipinski definition) is 2. The molecule has 3 nitrogen and oxygen atoms in total. The average Bonchev–Trinajstić information content (AvgIpc) is 2.50. The Labute approximate surface area is 136 Å². The number of anilines is 1. The molecule has 0 spiro atoms. The van der Waals surface area contributed by atoms with E-state index < -0.39 is 0 Å². The zero-order valence-electron chi connectivity index (χ0n) is 11.2. The smallest absolute Gasteiger partial charge is 0.257 e. The number of rotatable bonds is 2. The van der Waals surface area contributed by atoms with Gasteiger partial charge in [0, 0.05) is 16.7 Å². The molecule has 2 aromatic carbocycles. The molecule has 0 radical (unpaired) electrons. The Hall–Kier alpha value is -1.36. The molecule has 108 valence electrons. The van der Waals surface area contributed by atoms with Gasteiger partial charge in [-0.1, -0.05) is 29.8 Å². The molecule has 0 aromatic heterocycles. The van der Waals surface area contributed by atoms with E-state index in [4.69, 9.17) is 11.6 Å². The van der Waals surface area contributed by atoms with Crippen molar-refractivity contribution < 1.29 is 4.79 Å². The number of benzene rings is 2. The van der Waals surface area contributed by atoms with Crippen LogP contribution in [0.2, 0.25) is 5.02 Å². The maximum atomic E-state index is 12.4. The van der Waals surface area contributed by atoms with Crippen molar-refractivity contribution in [2.75, 3.05) is 11.9 Å². The topological polar surface area (TPSA) is 41.1 Å². The van der Waals surface area contributed by atoms with Crippen molar-refractivity contribution in [3.63, 3.8) is 0 Å². The molecule has 5 heteroatoms. The zero-order chi connectivity index (χ0) is 14.8. The molecule has 0 unspecified atom stereocenters. The monoisotopic (exact) mass is 364 g/mol. The second-order valence-corrected chi connectivity index (χ2v) is 6.16. The van der Waals surface area contributed by atoms with Crippen molar-refractivity contribution in [2.45, 2.75) is 13.0 Å². The SMILES string of the molecule is O=C(Nc1cccc2c1CCNC2)c1cccc(Br)c1Cl. The predicted octanol–water partition coefficient (Wildman–Crippen LogP) is 4.00. The third kappa shape index (κ3) is 2.98. The largest absolute Gasteiger partial charge is 0.322 e. The summed E-state index contributed by atoms with van der Waals surface area (Å²) in [4.78, 5) is 12.4. The highest BCUT2D eigenvalue weighted by Gasteiger charge is 2.17. The fourth-order valence-corrected chi connectivity index (χ4v) is 3.10. The molecule has 0 aliphatic carbocycles. The lowest BCUT2D eigenvalue weighted by molar-refractivity contribution is 0.102. The zero-order valence-corrected chi connectivity index (χ0v) is 13.6. The number of carbonyl (C=O) groups is 1. The molecule has 1 aliphatic heterocycles. The summed E-state index contributed by atoms with van der Waals surface area (Å²) in [5.74, 6) is -0.187. The lowest BCUT2D eigenvalue weighted by Crippen LogP contribution is -2.25. The van der Waals surface area contributed by atoms with Gasteiger partial charge in [0.15, 0.2) is 0 Å². The van der Waals surface area contributed by atoms with Gasteiger partial charge in [0.1, 0.15) is 0 Å². The molecule has 0 fully saturated rings. The van der Waals surface area contributed by atoms with Crippen molar-refractivity contribution in [1.29, 1.82) is 0 Å². The lowest BCUT2D eigenvalue weighted by atomic mass is 9.99. The lowest BCUT2D eigenvalue weighted by Gasteiger charge is -2.20. The normalized spacial score (nSPS) is 13.6. The van der Waals surface area contributed by atoms with Crippen molar-refractivity contribution in [3.05, 3.63) is 62.6 Å². The van der Waals surface area contributed by atoms with Crippen LogP contribution in [0.15, 0.2) is 40.9 Å². The molecule has 2 aromatic rings. The highest BCUT2D eigenvalue weighted by Crippen LogP contribution is 2.28. The molecular formula is C16H14BrClN2O. The van der Waals surface area contributed by atoms with Crippen LogP contribution in [0.5, 0.6) is 0 Å². The maximum absolute atomic E-state index is 12.4. The van der Waals surface area contributed by atoms with Gasteiger partial charge >= 0.3 is 0 Å². The van der Waals surface area contributed by atoms with Gasteiger partial charge in [-0.25, -0.2) is 0 Å². The van der Waals surface area contributed by atoms with Crippen molar-refractivity contribution in [2.24, 2.45) is 0 Å². The van der Waals surface area contributed by atoms with Gasteiger partial charge < -0.3 is 10.6 Å². The third-order valence-electron chi connectivity index (χ3n) is 3.58. The molecule has 1 amide bonds. The molecule has 0 saturated heterocycles. The minimum atomic E-state index is -0.187. The summed E-state index contributed by atoms with van der Waals surface area (Å²) in [6.07, 6.45) is 0.915. The molecular weight excluding hydrogens is 352 g/mol. The van der Waals surface area contributed by atoms with Crippen LogP contribution in [0.1, 0.15) is 21.5 Å². The van der Waals surface area contributed by atoms with Gasteiger partial charge in [-0.3, -0.25) is 4.79 Å². The number of halogens is 2. The highest BCUT2D eigenvalue weighted by molar-refractivity contribution is 9.10. The first-order valence-electron chi connectivity index (χ1n) is 6.73. The molecule has 0 atom stereocenters. The Morgan fingerprint density at radius 1 is 1.24 bits per heavy atom. The Kier molecular flexibility index (Phi) is 4.29. The Balaban J connectivity index is 1.90. The van der Waals surface area contributed by atoms with Gasteiger partial charge in [0.05, 0.1) is 10.6 Å². The molecule has 21 heavy (non-hydrogen) atoms. The Morgan fingerprint density at radius 2 is 2.05 bits per heavy atom. The quantitative estimate of drug-likeness (QED) is 0.844. The van der Waals surface area contributed by atoms with Crippen LogP contribution < -0.4 is 10.6 Å². The average molecular weight is 366 g/mol. The minimum Gasteiger partial charge on any atom is -0.322 e. The molecule has 1 aliphatic rings. The van der Waals surface area contributed by atoms with Crippen LogP contribution in [0.3, 0.4) is 0 Å². The maximum Gasteiger partial charge on any atom is 0.257 e. The van der Waals surface area contributed by atoms with E-state index >= 15 is 0 Å². The number of fused-ring (bicyclic) bond motifs is 1. The van der Waals surface area contributed by atoms with E-state index in [9.17, 15) is 4.79 Å². The first kappa shape index (κ1) is 14.6. The summed E-state index contributed by atoms with van der Waals surface area (Å²) in [7, 11) is 0. The summed E-state index contributed by atoms with van der Waals surface area (Å²) >= 11 is 9.52. The van der Waals surface area contributed by atoms with E-state index in [0.29, 0.717) is 10.6 Å². The van der Waals surface area contributed by atoms with E-state index in [-0.39, 0.29) is 5.91 Å². The fraction of sp³-hybridized carbons (Fsp3) is 0.188. The summed E-state index contributed by atoms with van der Waals surface area (Å²) in [6.45, 7) is 1.77. The highest BCUT2D eigenvalue weighted by atomic mass is 79.9. The van der Waals surface area contributed by atoms with E-state index in [2.05, 4.69) is 32.6 Å². The van der Waals surface area contributed by atoms with Gasteiger partial charge in [-0.05, 0) is 58.2 Å². The van der Waals surface area contributed by atoms with Crippen molar-refractivity contribution in [3.8, 4) is 0 Å². The minimum absolute atomic E-state index is 0.187. The van der Waals surface area contributed by atoms with Gasteiger partial charge in [0.25, 0.3) is 5.91 Å². The third-order valence-corrected chi connectivity index (χ3v) is 4.88. The van der Waals surface area contributed by atoms with E-state index in [1.807, 2.05) is 18.2 Å². The Bertz CT molecular complexity index is 703. The van der Waals surface area contributed by atoms with Crippen LogP contribution in [-0.4, -0.2) is 12.5 Å². The number of amides is 1. The Morgan fingerprint density at radius 3 is 2.90 bits per heavy atom. The van der Waals surface area contributed by atoms with Crippen LogP contribution in [0.25, 0.3) is 0 Å². The summed E-state index contributed by atoms with van der Waals surface area (Å²) in [5, 5.41) is 6.74. The van der Waals surface area contributed by atoms with Crippen LogP contribution >= 0.6 is 27.5 Å². The van der Waals surface area contributed by atoms with Crippen LogP contribution in [-0.2, 0) is 13.0 Å². The molecule has 0 saturated carbocycles. The second kappa shape index (κ2) is 6.18. The van der Waals surface area contributed by atoms with Crippen LogP contribution in [0, 0.1) is 0 Å². The first-order valence-corrected chi connectivity index (χ1v) is 7.91. The van der Waals surface area contributed by atoms with Crippen LogP contribution in [0.4, 0.5) is 5.69 Å². The molecule has 1 heterocycles. The summed E-state index contributed by atoms with van der Waals surface area (Å²) in [5.41, 5.74) is 3.78. The van der Waals surface area contributed by atoms with E-state index in [1.165, 1.54) is 11.1 Å². The van der Waals surface area contributed by atoms with E-state index in [1.54, 1.807) is 12.1 Å². The van der Waals surface area contributed by atoms with Crippen molar-refractivity contribution >= 4 is 39.1 Å². The number of hydrogen-bond donors (Lipinski definition) is 2. The van der Waals surface area contributed by atoms with E-state index in [0.717, 1.165) is 29.7 Å². The fourth-order valence-electron chi connectivity index (χ4n) is 2.52. The van der Waals surface area contributed by atoms with Gasteiger partial charge in [-0.2, -0.15) is 0 Å². The summed E-state index contributed by atoms with van der Waals surface area (Å²) < 4.78 is 0.719. The standard InChI is InChI=1S/C16H14BrClN2O/c17-13-5-2-4-12(15(13)18)16(21)20-14-6-1-3-10-9-19-8-7-11(10)14/h1-6,19H,7-9H2,(H,20,21). The predicted molar refractivity (Wildman–Crippen MR) is 89.0 cm³/mol. The van der Waals surface area contributed by atoms with Gasteiger partial charge in [-0.15, -0.1) is 0 Å². The second-order valence-electron chi connectivity index (χ2n) is 4.93. The molecule has 3 rings (SSSR count). The first-order chi connectivity index (χ1) is 10.2. The number of nitrogens with one attached hydrogen (secondary N) is 2. The summed E-state index contributed by atoms with van der Waals surface area (Å²) in [6, 6.07) is 11.3. The number of carbonyl (C=O) groups excluding carboxylic acids is 1.